The summed E-state index contributed by atoms with van der Waals surface area (Å²) in [6, 6.07) is 5.58. The minimum absolute atomic E-state index is 0.460. The summed E-state index contributed by atoms with van der Waals surface area (Å²) in [4.78, 5) is 0. The van der Waals surface area contributed by atoms with Crippen molar-refractivity contribution in [2.45, 2.75) is 38.2 Å². The van der Waals surface area contributed by atoms with Crippen molar-refractivity contribution in [3.05, 3.63) is 23.8 Å². The standard InChI is InChI=1S/C15H22O3/c1-17-12-7-8-15(18-2)13(10-12)14(16)9-11-5-3-4-6-11/h7-8,10-11,14,16H,3-6,9H2,1-2H3. The molecule has 1 saturated carbocycles. The molecule has 0 aromatic heterocycles. The van der Waals surface area contributed by atoms with Crippen LogP contribution < -0.4 is 9.47 Å². The molecule has 0 amide bonds. The van der Waals surface area contributed by atoms with Crippen LogP contribution in [0.15, 0.2) is 18.2 Å². The van der Waals surface area contributed by atoms with E-state index < -0.39 is 6.10 Å². The van der Waals surface area contributed by atoms with E-state index in [1.807, 2.05) is 18.2 Å². The van der Waals surface area contributed by atoms with E-state index in [2.05, 4.69) is 0 Å². The van der Waals surface area contributed by atoms with Gasteiger partial charge in [0.15, 0.2) is 0 Å². The van der Waals surface area contributed by atoms with Crippen LogP contribution in [0.4, 0.5) is 0 Å². The monoisotopic (exact) mass is 250 g/mol. The molecule has 1 aliphatic carbocycles. The van der Waals surface area contributed by atoms with Crippen molar-refractivity contribution in [3.63, 3.8) is 0 Å². The summed E-state index contributed by atoms with van der Waals surface area (Å²) < 4.78 is 10.5. The third-order valence-electron chi connectivity index (χ3n) is 3.83. The Morgan fingerprint density at radius 2 is 1.94 bits per heavy atom. The van der Waals surface area contributed by atoms with Gasteiger partial charge in [0, 0.05) is 5.56 Å². The molecule has 1 unspecified atom stereocenters. The van der Waals surface area contributed by atoms with Crippen LogP contribution in [0.5, 0.6) is 11.5 Å². The fraction of sp³-hybridized carbons (Fsp3) is 0.600. The van der Waals surface area contributed by atoms with Crippen LogP contribution in [-0.4, -0.2) is 19.3 Å². The summed E-state index contributed by atoms with van der Waals surface area (Å²) in [5, 5.41) is 10.4. The van der Waals surface area contributed by atoms with Crippen LogP contribution in [-0.2, 0) is 0 Å². The Kier molecular flexibility index (Phi) is 4.48. The smallest absolute Gasteiger partial charge is 0.124 e. The second-order valence-corrected chi connectivity index (χ2v) is 5.01. The second-order valence-electron chi connectivity index (χ2n) is 5.01. The quantitative estimate of drug-likeness (QED) is 0.871. The summed E-state index contributed by atoms with van der Waals surface area (Å²) in [7, 11) is 3.27. The number of rotatable bonds is 5. The molecule has 2 rings (SSSR count). The molecule has 1 aromatic carbocycles. The van der Waals surface area contributed by atoms with Gasteiger partial charge in [-0.1, -0.05) is 25.7 Å². The lowest BCUT2D eigenvalue weighted by molar-refractivity contribution is 0.141. The van der Waals surface area contributed by atoms with Crippen LogP contribution in [0.2, 0.25) is 0 Å². The van der Waals surface area contributed by atoms with Gasteiger partial charge in [-0.15, -0.1) is 0 Å². The molecule has 0 bridgehead atoms. The van der Waals surface area contributed by atoms with Gasteiger partial charge in [-0.25, -0.2) is 0 Å². The van der Waals surface area contributed by atoms with Crippen molar-refractivity contribution >= 4 is 0 Å². The van der Waals surface area contributed by atoms with Crippen molar-refractivity contribution in [3.8, 4) is 11.5 Å². The molecule has 1 aromatic rings. The van der Waals surface area contributed by atoms with Gasteiger partial charge in [-0.3, -0.25) is 0 Å². The number of hydrogen-bond donors (Lipinski definition) is 1. The summed E-state index contributed by atoms with van der Waals surface area (Å²) in [5.41, 5.74) is 0.837. The van der Waals surface area contributed by atoms with E-state index >= 15 is 0 Å². The zero-order chi connectivity index (χ0) is 13.0. The first-order valence-corrected chi connectivity index (χ1v) is 6.64. The molecular weight excluding hydrogens is 228 g/mol. The molecule has 1 N–H and O–H groups in total. The highest BCUT2D eigenvalue weighted by atomic mass is 16.5. The van der Waals surface area contributed by atoms with Crippen LogP contribution in [0.3, 0.4) is 0 Å². The van der Waals surface area contributed by atoms with Crippen LogP contribution in [0.1, 0.15) is 43.8 Å². The zero-order valence-corrected chi connectivity index (χ0v) is 11.2. The summed E-state index contributed by atoms with van der Waals surface area (Å²) in [6.07, 6.45) is 5.44. The SMILES string of the molecule is COc1ccc(OC)c(C(O)CC2CCCC2)c1. The Morgan fingerprint density at radius 1 is 1.22 bits per heavy atom. The van der Waals surface area contributed by atoms with Gasteiger partial charge in [0.2, 0.25) is 0 Å². The van der Waals surface area contributed by atoms with Gasteiger partial charge < -0.3 is 14.6 Å². The fourth-order valence-corrected chi connectivity index (χ4v) is 2.79. The van der Waals surface area contributed by atoms with Gasteiger partial charge in [0.05, 0.1) is 20.3 Å². The molecule has 100 valence electrons. The number of aliphatic hydroxyl groups excluding tert-OH is 1. The minimum atomic E-state index is -0.460. The van der Waals surface area contributed by atoms with Crippen molar-refractivity contribution in [1.29, 1.82) is 0 Å². The Morgan fingerprint density at radius 3 is 2.56 bits per heavy atom. The number of ether oxygens (including phenoxy) is 2. The molecule has 1 fully saturated rings. The summed E-state index contributed by atoms with van der Waals surface area (Å²) in [5.74, 6) is 2.15. The number of hydrogen-bond acceptors (Lipinski definition) is 3. The van der Waals surface area contributed by atoms with E-state index in [1.54, 1.807) is 14.2 Å². The van der Waals surface area contributed by atoms with Crippen molar-refractivity contribution < 1.29 is 14.6 Å². The predicted octanol–water partition coefficient (Wildman–Crippen LogP) is 3.32. The maximum absolute atomic E-state index is 10.4. The molecule has 18 heavy (non-hydrogen) atoms. The molecule has 1 aliphatic rings. The lowest BCUT2D eigenvalue weighted by Crippen LogP contribution is -2.06. The first-order chi connectivity index (χ1) is 8.74. The molecule has 3 heteroatoms. The lowest BCUT2D eigenvalue weighted by atomic mass is 9.95. The van der Waals surface area contributed by atoms with Gasteiger partial charge in [0.1, 0.15) is 11.5 Å². The van der Waals surface area contributed by atoms with E-state index in [4.69, 9.17) is 9.47 Å². The maximum atomic E-state index is 10.4. The summed E-state index contributed by atoms with van der Waals surface area (Å²) in [6.45, 7) is 0. The first-order valence-electron chi connectivity index (χ1n) is 6.64. The molecule has 0 heterocycles. The van der Waals surface area contributed by atoms with Gasteiger partial charge in [-0.05, 0) is 30.5 Å². The van der Waals surface area contributed by atoms with Crippen LogP contribution >= 0.6 is 0 Å². The Bertz CT molecular complexity index is 383. The average Bonchev–Trinajstić information content (AvgIpc) is 2.90. The van der Waals surface area contributed by atoms with Crippen LogP contribution in [0.25, 0.3) is 0 Å². The van der Waals surface area contributed by atoms with Crippen molar-refractivity contribution in [1.82, 2.24) is 0 Å². The Balaban J connectivity index is 2.13. The number of methoxy groups -OCH3 is 2. The second kappa shape index (κ2) is 6.10. The zero-order valence-electron chi connectivity index (χ0n) is 11.2. The van der Waals surface area contributed by atoms with Gasteiger partial charge in [0.25, 0.3) is 0 Å². The van der Waals surface area contributed by atoms with E-state index in [-0.39, 0.29) is 0 Å². The predicted molar refractivity (Wildman–Crippen MR) is 71.1 cm³/mol. The normalized spacial score (nSPS) is 17.7. The lowest BCUT2D eigenvalue weighted by Gasteiger charge is -2.18. The molecule has 0 saturated heterocycles. The molecule has 0 spiro atoms. The molecule has 0 aliphatic heterocycles. The number of benzene rings is 1. The number of aliphatic hydroxyl groups is 1. The first kappa shape index (κ1) is 13.2. The average molecular weight is 250 g/mol. The van der Waals surface area contributed by atoms with E-state index in [1.165, 1.54) is 25.7 Å². The molecule has 1 atom stereocenters. The Hall–Kier alpha value is -1.22. The van der Waals surface area contributed by atoms with Gasteiger partial charge >= 0.3 is 0 Å². The van der Waals surface area contributed by atoms with Crippen LogP contribution in [0, 0.1) is 5.92 Å². The summed E-state index contributed by atoms with van der Waals surface area (Å²) >= 11 is 0. The van der Waals surface area contributed by atoms with Crippen molar-refractivity contribution in [2.24, 2.45) is 5.92 Å². The Labute approximate surface area is 109 Å². The van der Waals surface area contributed by atoms with Gasteiger partial charge in [-0.2, -0.15) is 0 Å². The minimum Gasteiger partial charge on any atom is -0.497 e. The topological polar surface area (TPSA) is 38.7 Å². The van der Waals surface area contributed by atoms with E-state index in [0.717, 1.165) is 23.5 Å². The molecule has 3 nitrogen and oxygen atoms in total. The third-order valence-corrected chi connectivity index (χ3v) is 3.83. The highest BCUT2D eigenvalue weighted by Crippen LogP contribution is 2.37. The molecule has 0 radical (unpaired) electrons. The van der Waals surface area contributed by atoms with E-state index in [0.29, 0.717) is 5.92 Å². The third kappa shape index (κ3) is 2.96. The largest absolute Gasteiger partial charge is 0.497 e. The highest BCUT2D eigenvalue weighted by molar-refractivity contribution is 5.41. The highest BCUT2D eigenvalue weighted by Gasteiger charge is 2.22. The van der Waals surface area contributed by atoms with E-state index in [9.17, 15) is 5.11 Å². The van der Waals surface area contributed by atoms with Crippen molar-refractivity contribution in [2.75, 3.05) is 14.2 Å². The maximum Gasteiger partial charge on any atom is 0.124 e. The molecular formula is C15H22O3. The fourth-order valence-electron chi connectivity index (χ4n) is 2.79.